The van der Waals surface area contributed by atoms with Crippen molar-refractivity contribution in [2.45, 2.75) is 45.4 Å². The number of carbonyl (C=O) groups is 1. The second kappa shape index (κ2) is 3.04. The van der Waals surface area contributed by atoms with Crippen molar-refractivity contribution in [3.05, 3.63) is 11.1 Å². The van der Waals surface area contributed by atoms with Crippen molar-refractivity contribution in [3.63, 3.8) is 0 Å². The Labute approximate surface area is 73.8 Å². The molecule has 0 radical (unpaired) electrons. The summed E-state index contributed by atoms with van der Waals surface area (Å²) in [6.07, 6.45) is 6.84. The Morgan fingerprint density at radius 2 is 1.92 bits per heavy atom. The van der Waals surface area contributed by atoms with Crippen LogP contribution in [0.2, 0.25) is 0 Å². The third kappa shape index (κ3) is 1.45. The van der Waals surface area contributed by atoms with E-state index in [1.165, 1.54) is 30.4 Å². The summed E-state index contributed by atoms with van der Waals surface area (Å²) < 4.78 is 0. The van der Waals surface area contributed by atoms with E-state index in [0.29, 0.717) is 5.78 Å². The van der Waals surface area contributed by atoms with E-state index in [-0.39, 0.29) is 0 Å². The molecule has 2 aliphatic rings. The molecule has 0 unspecified atom stereocenters. The topological polar surface area (TPSA) is 17.1 Å². The van der Waals surface area contributed by atoms with Crippen LogP contribution in [0.15, 0.2) is 11.1 Å². The van der Waals surface area contributed by atoms with Gasteiger partial charge in [0.25, 0.3) is 0 Å². The zero-order chi connectivity index (χ0) is 8.55. The van der Waals surface area contributed by atoms with Crippen LogP contribution in [0.25, 0.3) is 0 Å². The van der Waals surface area contributed by atoms with Crippen LogP contribution in [0.4, 0.5) is 0 Å². The summed E-state index contributed by atoms with van der Waals surface area (Å²) in [5, 5.41) is 0. The fourth-order valence-corrected chi connectivity index (χ4v) is 2.06. The van der Waals surface area contributed by atoms with E-state index in [2.05, 4.69) is 6.92 Å². The number of Topliss-reactive ketones (excluding diaryl/α,β-unsaturated/α-hetero) is 1. The molecular weight excluding hydrogens is 148 g/mol. The summed E-state index contributed by atoms with van der Waals surface area (Å²) in [6, 6.07) is 0. The molecule has 2 rings (SSSR count). The van der Waals surface area contributed by atoms with Gasteiger partial charge in [-0.3, -0.25) is 4.79 Å². The molecule has 2 aliphatic carbocycles. The first kappa shape index (κ1) is 8.03. The van der Waals surface area contributed by atoms with Crippen LogP contribution in [0, 0.1) is 5.92 Å². The minimum atomic E-state index is 0.436. The monoisotopic (exact) mass is 164 g/mol. The molecule has 0 saturated heterocycles. The molecule has 0 aromatic rings. The van der Waals surface area contributed by atoms with Crippen LogP contribution in [0.3, 0.4) is 0 Å². The van der Waals surface area contributed by atoms with E-state index in [4.69, 9.17) is 0 Å². The molecule has 0 aromatic heterocycles. The molecule has 66 valence electrons. The summed E-state index contributed by atoms with van der Waals surface area (Å²) in [7, 11) is 0. The van der Waals surface area contributed by atoms with Crippen molar-refractivity contribution >= 4 is 5.78 Å². The van der Waals surface area contributed by atoms with Crippen molar-refractivity contribution in [3.8, 4) is 0 Å². The van der Waals surface area contributed by atoms with E-state index in [0.717, 1.165) is 25.2 Å². The standard InChI is InChI=1S/C11H16O/c1-8(9-6-7-9)10-4-2-3-5-11(10)12/h9H,2-7H2,1H3/b10-8+. The molecule has 12 heavy (non-hydrogen) atoms. The Bertz CT molecular complexity index is 233. The SMILES string of the molecule is C/C(=C1/CCCCC1=O)C1CC1. The van der Waals surface area contributed by atoms with Gasteiger partial charge in [-0.05, 0) is 50.5 Å². The highest BCUT2D eigenvalue weighted by Crippen LogP contribution is 2.39. The van der Waals surface area contributed by atoms with Crippen molar-refractivity contribution in [1.29, 1.82) is 0 Å². The highest BCUT2D eigenvalue weighted by Gasteiger charge is 2.28. The number of allylic oxidation sites excluding steroid dienone is 2. The minimum absolute atomic E-state index is 0.436. The predicted molar refractivity (Wildman–Crippen MR) is 48.9 cm³/mol. The van der Waals surface area contributed by atoms with Gasteiger partial charge in [0.15, 0.2) is 5.78 Å². The summed E-state index contributed by atoms with van der Waals surface area (Å²) in [5.74, 6) is 1.22. The molecule has 2 fully saturated rings. The van der Waals surface area contributed by atoms with Crippen LogP contribution in [-0.4, -0.2) is 5.78 Å². The zero-order valence-electron chi connectivity index (χ0n) is 7.73. The molecule has 0 aromatic carbocycles. The quantitative estimate of drug-likeness (QED) is 0.545. The molecule has 0 spiro atoms. The second-order valence-electron chi connectivity index (χ2n) is 4.07. The first-order valence-electron chi connectivity index (χ1n) is 5.02. The van der Waals surface area contributed by atoms with Gasteiger partial charge >= 0.3 is 0 Å². The Balaban J connectivity index is 2.17. The number of carbonyl (C=O) groups excluding carboxylic acids is 1. The first-order valence-corrected chi connectivity index (χ1v) is 5.02. The molecule has 0 atom stereocenters. The van der Waals surface area contributed by atoms with Crippen molar-refractivity contribution < 1.29 is 4.79 Å². The molecule has 0 heterocycles. The maximum Gasteiger partial charge on any atom is 0.158 e. The number of ketones is 1. The van der Waals surface area contributed by atoms with Crippen molar-refractivity contribution in [2.24, 2.45) is 5.92 Å². The Morgan fingerprint density at radius 1 is 1.25 bits per heavy atom. The lowest BCUT2D eigenvalue weighted by molar-refractivity contribution is -0.116. The smallest absolute Gasteiger partial charge is 0.158 e. The fraction of sp³-hybridized carbons (Fsp3) is 0.727. The zero-order valence-corrected chi connectivity index (χ0v) is 7.73. The van der Waals surface area contributed by atoms with Crippen molar-refractivity contribution in [2.75, 3.05) is 0 Å². The molecule has 1 nitrogen and oxygen atoms in total. The van der Waals surface area contributed by atoms with E-state index in [1.807, 2.05) is 0 Å². The molecule has 0 amide bonds. The van der Waals surface area contributed by atoms with E-state index < -0.39 is 0 Å². The van der Waals surface area contributed by atoms with E-state index >= 15 is 0 Å². The number of hydrogen-bond donors (Lipinski definition) is 0. The molecule has 1 heteroatoms. The van der Waals surface area contributed by atoms with Crippen LogP contribution in [0.1, 0.15) is 45.4 Å². The van der Waals surface area contributed by atoms with Crippen LogP contribution in [0.5, 0.6) is 0 Å². The molecule has 0 N–H and O–H groups in total. The summed E-state index contributed by atoms with van der Waals surface area (Å²) in [5.41, 5.74) is 2.60. The highest BCUT2D eigenvalue weighted by atomic mass is 16.1. The second-order valence-corrected chi connectivity index (χ2v) is 4.07. The Morgan fingerprint density at radius 3 is 2.50 bits per heavy atom. The van der Waals surface area contributed by atoms with Crippen LogP contribution < -0.4 is 0 Å². The maximum absolute atomic E-state index is 11.5. The maximum atomic E-state index is 11.5. The highest BCUT2D eigenvalue weighted by molar-refractivity contribution is 5.96. The van der Waals surface area contributed by atoms with Gasteiger partial charge in [-0.2, -0.15) is 0 Å². The lowest BCUT2D eigenvalue weighted by atomic mass is 9.89. The van der Waals surface area contributed by atoms with Crippen LogP contribution in [-0.2, 0) is 4.79 Å². The van der Waals surface area contributed by atoms with Gasteiger partial charge in [-0.25, -0.2) is 0 Å². The lowest BCUT2D eigenvalue weighted by Crippen LogP contribution is -2.10. The van der Waals surface area contributed by atoms with Gasteiger partial charge in [-0.1, -0.05) is 5.57 Å². The first-order chi connectivity index (χ1) is 5.79. The fourth-order valence-electron chi connectivity index (χ4n) is 2.06. The van der Waals surface area contributed by atoms with Gasteiger partial charge in [0.1, 0.15) is 0 Å². The van der Waals surface area contributed by atoms with Gasteiger partial charge in [0.05, 0.1) is 0 Å². The van der Waals surface area contributed by atoms with Crippen molar-refractivity contribution in [1.82, 2.24) is 0 Å². The summed E-state index contributed by atoms with van der Waals surface area (Å²) >= 11 is 0. The predicted octanol–water partition coefficient (Wildman–Crippen LogP) is 2.86. The largest absolute Gasteiger partial charge is 0.295 e. The molecular formula is C11H16O. The van der Waals surface area contributed by atoms with E-state index in [9.17, 15) is 4.79 Å². The number of hydrogen-bond acceptors (Lipinski definition) is 1. The Kier molecular flexibility index (Phi) is 2.03. The number of rotatable bonds is 1. The third-order valence-electron chi connectivity index (χ3n) is 3.08. The third-order valence-corrected chi connectivity index (χ3v) is 3.08. The van der Waals surface area contributed by atoms with Crippen LogP contribution >= 0.6 is 0 Å². The lowest BCUT2D eigenvalue weighted by Gasteiger charge is -2.15. The van der Waals surface area contributed by atoms with Gasteiger partial charge in [0.2, 0.25) is 0 Å². The average Bonchev–Trinajstić information content (AvgIpc) is 2.86. The summed E-state index contributed by atoms with van der Waals surface area (Å²) in [4.78, 5) is 11.5. The minimum Gasteiger partial charge on any atom is -0.295 e. The average molecular weight is 164 g/mol. The van der Waals surface area contributed by atoms with Gasteiger partial charge < -0.3 is 0 Å². The molecule has 0 aliphatic heterocycles. The molecule has 0 bridgehead atoms. The molecule has 2 saturated carbocycles. The van der Waals surface area contributed by atoms with Gasteiger partial charge in [0, 0.05) is 6.42 Å². The Hall–Kier alpha value is -0.590. The summed E-state index contributed by atoms with van der Waals surface area (Å²) in [6.45, 7) is 2.16. The van der Waals surface area contributed by atoms with Gasteiger partial charge in [-0.15, -0.1) is 0 Å². The van der Waals surface area contributed by atoms with E-state index in [1.54, 1.807) is 0 Å². The normalized spacial score (nSPS) is 28.9.